The molecular weight excluding hydrogens is 276 g/mol. The van der Waals surface area contributed by atoms with Crippen LogP contribution in [0.4, 0.5) is 0 Å². The average molecular weight is 300 g/mol. The molecule has 1 aliphatic heterocycles. The Morgan fingerprint density at radius 1 is 1.10 bits per heavy atom. The molecular formula is C14H24N2O3S. The quantitative estimate of drug-likeness (QED) is 0.844. The van der Waals surface area contributed by atoms with Crippen LogP contribution in [0, 0.1) is 17.8 Å². The first-order valence-corrected chi connectivity index (χ1v) is 9.54. The van der Waals surface area contributed by atoms with Crippen molar-refractivity contribution in [2.75, 3.05) is 19.3 Å². The summed E-state index contributed by atoms with van der Waals surface area (Å²) in [6.45, 7) is 0.960. The molecule has 3 unspecified atom stereocenters. The third-order valence-corrected chi connectivity index (χ3v) is 6.66. The standard InChI is InChI=1S/C14H24N2O3S/c1-20(18,19)16-6-4-11(5-7-16)14(17)15-13-9-10-2-3-12(13)8-10/h10-13H,2-9H2,1H3,(H,15,17). The molecule has 0 aromatic heterocycles. The van der Waals surface area contributed by atoms with Crippen molar-refractivity contribution < 1.29 is 13.2 Å². The van der Waals surface area contributed by atoms with E-state index in [4.69, 9.17) is 0 Å². The summed E-state index contributed by atoms with van der Waals surface area (Å²) < 4.78 is 24.4. The second kappa shape index (κ2) is 5.30. The molecule has 3 fully saturated rings. The van der Waals surface area contributed by atoms with Crippen LogP contribution in [0.15, 0.2) is 0 Å². The van der Waals surface area contributed by atoms with Crippen molar-refractivity contribution in [3.05, 3.63) is 0 Å². The highest BCUT2D eigenvalue weighted by atomic mass is 32.2. The van der Waals surface area contributed by atoms with Gasteiger partial charge in [-0.15, -0.1) is 0 Å². The smallest absolute Gasteiger partial charge is 0.223 e. The van der Waals surface area contributed by atoms with Crippen LogP contribution in [0.5, 0.6) is 0 Å². The van der Waals surface area contributed by atoms with Gasteiger partial charge in [0.05, 0.1) is 6.26 Å². The molecule has 1 amide bonds. The van der Waals surface area contributed by atoms with Gasteiger partial charge in [0.1, 0.15) is 0 Å². The summed E-state index contributed by atoms with van der Waals surface area (Å²) in [5, 5.41) is 3.23. The average Bonchev–Trinajstić information content (AvgIpc) is 3.00. The number of rotatable bonds is 3. The molecule has 6 heteroatoms. The van der Waals surface area contributed by atoms with E-state index in [1.165, 1.54) is 29.8 Å². The summed E-state index contributed by atoms with van der Waals surface area (Å²) in [5.41, 5.74) is 0. The lowest BCUT2D eigenvalue weighted by Crippen LogP contribution is -2.46. The van der Waals surface area contributed by atoms with E-state index in [2.05, 4.69) is 5.32 Å². The highest BCUT2D eigenvalue weighted by molar-refractivity contribution is 7.88. The first-order chi connectivity index (χ1) is 9.43. The second-order valence-corrected chi connectivity index (χ2v) is 8.71. The summed E-state index contributed by atoms with van der Waals surface area (Å²) in [5.74, 6) is 1.67. The highest BCUT2D eigenvalue weighted by Gasteiger charge is 2.41. The van der Waals surface area contributed by atoms with E-state index in [9.17, 15) is 13.2 Å². The SMILES string of the molecule is CS(=O)(=O)N1CCC(C(=O)NC2CC3CCC2C3)CC1. The molecule has 0 aromatic rings. The van der Waals surface area contributed by atoms with Crippen molar-refractivity contribution in [1.29, 1.82) is 0 Å². The maximum absolute atomic E-state index is 12.3. The molecule has 0 radical (unpaired) electrons. The van der Waals surface area contributed by atoms with E-state index in [0.717, 1.165) is 12.3 Å². The minimum atomic E-state index is -3.10. The first-order valence-electron chi connectivity index (χ1n) is 7.69. The molecule has 0 aromatic carbocycles. The van der Waals surface area contributed by atoms with E-state index in [-0.39, 0.29) is 11.8 Å². The van der Waals surface area contributed by atoms with Crippen molar-refractivity contribution >= 4 is 15.9 Å². The van der Waals surface area contributed by atoms with Crippen LogP contribution in [0.1, 0.15) is 38.5 Å². The Kier molecular flexibility index (Phi) is 3.79. The minimum Gasteiger partial charge on any atom is -0.353 e. The normalized spacial score (nSPS) is 35.4. The van der Waals surface area contributed by atoms with Gasteiger partial charge in [0.25, 0.3) is 0 Å². The van der Waals surface area contributed by atoms with E-state index in [1.807, 2.05) is 0 Å². The van der Waals surface area contributed by atoms with Gasteiger partial charge in [0, 0.05) is 25.0 Å². The van der Waals surface area contributed by atoms with E-state index in [0.29, 0.717) is 37.9 Å². The van der Waals surface area contributed by atoms with Gasteiger partial charge in [0.2, 0.25) is 15.9 Å². The highest BCUT2D eigenvalue weighted by Crippen LogP contribution is 2.44. The molecule has 3 rings (SSSR count). The van der Waals surface area contributed by atoms with E-state index >= 15 is 0 Å². The zero-order chi connectivity index (χ0) is 14.3. The predicted octanol–water partition coefficient (Wildman–Crippen LogP) is 0.963. The zero-order valence-electron chi connectivity index (χ0n) is 12.0. The monoisotopic (exact) mass is 300 g/mol. The number of sulfonamides is 1. The Morgan fingerprint density at radius 2 is 1.80 bits per heavy atom. The fourth-order valence-electron chi connectivity index (χ4n) is 4.17. The van der Waals surface area contributed by atoms with Gasteiger partial charge in [-0.05, 0) is 43.9 Å². The summed E-state index contributed by atoms with van der Waals surface area (Å²) in [7, 11) is -3.10. The van der Waals surface area contributed by atoms with Gasteiger partial charge in [-0.2, -0.15) is 0 Å². The molecule has 3 aliphatic rings. The number of hydrogen-bond donors (Lipinski definition) is 1. The molecule has 2 bridgehead atoms. The largest absolute Gasteiger partial charge is 0.353 e. The van der Waals surface area contributed by atoms with E-state index < -0.39 is 10.0 Å². The number of carbonyl (C=O) groups is 1. The summed E-state index contributed by atoms with van der Waals surface area (Å²) >= 11 is 0. The second-order valence-electron chi connectivity index (χ2n) is 6.73. The Morgan fingerprint density at radius 3 is 2.30 bits per heavy atom. The maximum atomic E-state index is 12.3. The third kappa shape index (κ3) is 2.86. The van der Waals surface area contributed by atoms with E-state index in [1.54, 1.807) is 0 Å². The molecule has 3 atom stereocenters. The van der Waals surface area contributed by atoms with Gasteiger partial charge in [-0.3, -0.25) is 4.79 Å². The topological polar surface area (TPSA) is 66.5 Å². The lowest BCUT2D eigenvalue weighted by atomic mass is 9.93. The fourth-order valence-corrected chi connectivity index (χ4v) is 5.05. The molecule has 2 saturated carbocycles. The molecule has 2 aliphatic carbocycles. The number of nitrogens with one attached hydrogen (secondary N) is 1. The molecule has 5 nitrogen and oxygen atoms in total. The van der Waals surface area contributed by atoms with Crippen LogP contribution < -0.4 is 5.32 Å². The Balaban J connectivity index is 1.50. The number of amides is 1. The van der Waals surface area contributed by atoms with Gasteiger partial charge in [-0.25, -0.2) is 12.7 Å². The Labute approximate surface area is 121 Å². The zero-order valence-corrected chi connectivity index (χ0v) is 12.9. The van der Waals surface area contributed by atoms with Gasteiger partial charge < -0.3 is 5.32 Å². The van der Waals surface area contributed by atoms with Crippen molar-refractivity contribution in [3.8, 4) is 0 Å². The van der Waals surface area contributed by atoms with Gasteiger partial charge in [0.15, 0.2) is 0 Å². The number of carbonyl (C=O) groups excluding carboxylic acids is 1. The maximum Gasteiger partial charge on any atom is 0.223 e. The van der Waals surface area contributed by atoms with Gasteiger partial charge >= 0.3 is 0 Å². The van der Waals surface area contributed by atoms with Crippen LogP contribution in [0.2, 0.25) is 0 Å². The number of piperidine rings is 1. The van der Waals surface area contributed by atoms with Crippen molar-refractivity contribution in [3.63, 3.8) is 0 Å². The van der Waals surface area contributed by atoms with Gasteiger partial charge in [-0.1, -0.05) is 6.42 Å². The number of nitrogens with zero attached hydrogens (tertiary/aromatic N) is 1. The van der Waals surface area contributed by atoms with Crippen LogP contribution in [-0.4, -0.2) is 44.0 Å². The van der Waals surface area contributed by atoms with Crippen LogP contribution in [-0.2, 0) is 14.8 Å². The summed E-state index contributed by atoms with van der Waals surface area (Å²) in [6, 6.07) is 0.384. The lowest BCUT2D eigenvalue weighted by molar-refractivity contribution is -0.127. The molecule has 1 N–H and O–H groups in total. The van der Waals surface area contributed by atoms with Crippen molar-refractivity contribution in [2.45, 2.75) is 44.6 Å². The fraction of sp³-hybridized carbons (Fsp3) is 0.929. The molecule has 114 valence electrons. The minimum absolute atomic E-state index is 0.00729. The Hall–Kier alpha value is -0.620. The third-order valence-electron chi connectivity index (χ3n) is 5.36. The predicted molar refractivity (Wildman–Crippen MR) is 76.5 cm³/mol. The van der Waals surface area contributed by atoms with Crippen LogP contribution in [0.3, 0.4) is 0 Å². The van der Waals surface area contributed by atoms with Crippen LogP contribution >= 0.6 is 0 Å². The number of hydrogen-bond acceptors (Lipinski definition) is 3. The summed E-state index contributed by atoms with van der Waals surface area (Å²) in [4.78, 5) is 12.3. The summed E-state index contributed by atoms with van der Waals surface area (Å²) in [6.07, 6.45) is 7.59. The van der Waals surface area contributed by atoms with Crippen molar-refractivity contribution in [1.82, 2.24) is 9.62 Å². The molecule has 20 heavy (non-hydrogen) atoms. The first kappa shape index (κ1) is 14.3. The molecule has 1 saturated heterocycles. The number of fused-ring (bicyclic) bond motifs is 2. The van der Waals surface area contributed by atoms with Crippen LogP contribution in [0.25, 0.3) is 0 Å². The Bertz CT molecular complexity index is 483. The molecule has 1 heterocycles. The lowest BCUT2D eigenvalue weighted by Gasteiger charge is -2.31. The van der Waals surface area contributed by atoms with Crippen molar-refractivity contribution in [2.24, 2.45) is 17.8 Å². The molecule has 0 spiro atoms.